The SMILES string of the molecule is CC[C@@H](C)NC(=O)[C@@H](C)N(CCc1ccccc1)C(=O)CCc1ccccc1Cl. The summed E-state index contributed by atoms with van der Waals surface area (Å²) in [5.41, 5.74) is 2.09. The molecule has 0 aliphatic heterocycles. The molecule has 0 bridgehead atoms. The third kappa shape index (κ3) is 7.21. The molecule has 2 atom stereocenters. The van der Waals surface area contributed by atoms with E-state index < -0.39 is 6.04 Å². The lowest BCUT2D eigenvalue weighted by Gasteiger charge is -2.29. The van der Waals surface area contributed by atoms with Crippen molar-refractivity contribution in [3.63, 3.8) is 0 Å². The summed E-state index contributed by atoms with van der Waals surface area (Å²) < 4.78 is 0. The molecule has 0 saturated heterocycles. The van der Waals surface area contributed by atoms with E-state index in [-0.39, 0.29) is 17.9 Å². The largest absolute Gasteiger partial charge is 0.352 e. The second-order valence-corrected chi connectivity index (χ2v) is 7.82. The molecule has 0 aromatic heterocycles. The van der Waals surface area contributed by atoms with E-state index in [2.05, 4.69) is 5.32 Å². The van der Waals surface area contributed by atoms with Crippen molar-refractivity contribution in [2.45, 2.75) is 58.5 Å². The first-order valence-corrected chi connectivity index (χ1v) is 10.7. The van der Waals surface area contributed by atoms with E-state index in [0.717, 1.165) is 17.5 Å². The van der Waals surface area contributed by atoms with Gasteiger partial charge in [-0.3, -0.25) is 9.59 Å². The first kappa shape index (κ1) is 23.0. The Kier molecular flexibility index (Phi) is 9.20. The molecule has 0 unspecified atom stereocenters. The van der Waals surface area contributed by atoms with Crippen LogP contribution in [0.2, 0.25) is 5.02 Å². The van der Waals surface area contributed by atoms with Crippen molar-refractivity contribution >= 4 is 23.4 Å². The highest BCUT2D eigenvalue weighted by Gasteiger charge is 2.26. The molecule has 1 N–H and O–H groups in total. The van der Waals surface area contributed by atoms with Crippen molar-refractivity contribution in [3.05, 3.63) is 70.7 Å². The minimum Gasteiger partial charge on any atom is -0.352 e. The molecular weight excluding hydrogens is 384 g/mol. The number of hydrogen-bond donors (Lipinski definition) is 1. The fourth-order valence-electron chi connectivity index (χ4n) is 3.12. The van der Waals surface area contributed by atoms with E-state index in [1.807, 2.05) is 68.4 Å². The number of nitrogens with one attached hydrogen (secondary N) is 1. The maximum absolute atomic E-state index is 13.1. The van der Waals surface area contributed by atoms with Crippen LogP contribution < -0.4 is 5.32 Å². The van der Waals surface area contributed by atoms with Crippen LogP contribution in [0.3, 0.4) is 0 Å². The van der Waals surface area contributed by atoms with Crippen LogP contribution in [-0.4, -0.2) is 35.3 Å². The van der Waals surface area contributed by atoms with Gasteiger partial charge in [0, 0.05) is 24.0 Å². The minimum absolute atomic E-state index is 0.0346. The van der Waals surface area contributed by atoms with Gasteiger partial charge in [0.1, 0.15) is 6.04 Å². The Bertz CT molecular complexity index is 794. The average Bonchev–Trinajstić information content (AvgIpc) is 2.73. The molecule has 0 fully saturated rings. The molecule has 156 valence electrons. The maximum atomic E-state index is 13.1. The zero-order chi connectivity index (χ0) is 21.2. The topological polar surface area (TPSA) is 49.4 Å². The normalized spacial score (nSPS) is 12.8. The molecule has 2 rings (SSSR count). The lowest BCUT2D eigenvalue weighted by Crippen LogP contribution is -2.50. The summed E-state index contributed by atoms with van der Waals surface area (Å²) in [5, 5.41) is 3.66. The Morgan fingerprint density at radius 1 is 1.00 bits per heavy atom. The van der Waals surface area contributed by atoms with Crippen LogP contribution in [0.25, 0.3) is 0 Å². The van der Waals surface area contributed by atoms with Gasteiger partial charge in [-0.25, -0.2) is 0 Å². The van der Waals surface area contributed by atoms with Crippen LogP contribution in [0, 0.1) is 0 Å². The second kappa shape index (κ2) is 11.6. The Labute approximate surface area is 179 Å². The quantitative estimate of drug-likeness (QED) is 0.615. The van der Waals surface area contributed by atoms with Crippen molar-refractivity contribution in [2.24, 2.45) is 0 Å². The minimum atomic E-state index is -0.522. The molecule has 0 spiro atoms. The van der Waals surface area contributed by atoms with Gasteiger partial charge < -0.3 is 10.2 Å². The van der Waals surface area contributed by atoms with Gasteiger partial charge in [-0.2, -0.15) is 0 Å². The Balaban J connectivity index is 2.08. The predicted molar refractivity (Wildman–Crippen MR) is 119 cm³/mol. The summed E-state index contributed by atoms with van der Waals surface area (Å²) in [7, 11) is 0. The van der Waals surface area contributed by atoms with Crippen LogP contribution >= 0.6 is 11.6 Å². The first-order chi connectivity index (χ1) is 13.9. The number of nitrogens with zero attached hydrogens (tertiary/aromatic N) is 1. The number of carbonyl (C=O) groups excluding carboxylic acids is 2. The van der Waals surface area contributed by atoms with E-state index in [1.54, 1.807) is 11.8 Å². The first-order valence-electron chi connectivity index (χ1n) is 10.3. The number of benzene rings is 2. The summed E-state index contributed by atoms with van der Waals surface area (Å²) in [6, 6.07) is 17.1. The van der Waals surface area contributed by atoms with Gasteiger partial charge in [-0.15, -0.1) is 0 Å². The van der Waals surface area contributed by atoms with Crippen molar-refractivity contribution in [1.82, 2.24) is 10.2 Å². The lowest BCUT2D eigenvalue weighted by molar-refractivity contribution is -0.140. The molecule has 0 aliphatic carbocycles. The summed E-state index contributed by atoms with van der Waals surface area (Å²) >= 11 is 6.23. The van der Waals surface area contributed by atoms with Gasteiger partial charge in [0.15, 0.2) is 0 Å². The number of rotatable bonds is 10. The van der Waals surface area contributed by atoms with Crippen LogP contribution in [-0.2, 0) is 22.4 Å². The van der Waals surface area contributed by atoms with Crippen LogP contribution in [0.4, 0.5) is 0 Å². The van der Waals surface area contributed by atoms with Crippen LogP contribution in [0.15, 0.2) is 54.6 Å². The molecule has 2 amide bonds. The Hall–Kier alpha value is -2.33. The van der Waals surface area contributed by atoms with Gasteiger partial charge in [0.05, 0.1) is 0 Å². The van der Waals surface area contributed by atoms with Crippen molar-refractivity contribution < 1.29 is 9.59 Å². The fourth-order valence-corrected chi connectivity index (χ4v) is 3.35. The van der Waals surface area contributed by atoms with E-state index >= 15 is 0 Å². The molecule has 0 radical (unpaired) electrons. The van der Waals surface area contributed by atoms with E-state index in [9.17, 15) is 9.59 Å². The van der Waals surface area contributed by atoms with E-state index in [0.29, 0.717) is 30.8 Å². The summed E-state index contributed by atoms with van der Waals surface area (Å²) in [6.45, 7) is 6.30. The zero-order valence-electron chi connectivity index (χ0n) is 17.5. The predicted octanol–water partition coefficient (Wildman–Crippen LogP) is 4.65. The molecule has 0 heterocycles. The molecule has 29 heavy (non-hydrogen) atoms. The van der Waals surface area contributed by atoms with Gasteiger partial charge in [-0.05, 0) is 50.3 Å². The molecule has 4 nitrogen and oxygen atoms in total. The zero-order valence-corrected chi connectivity index (χ0v) is 18.3. The third-order valence-corrected chi connectivity index (χ3v) is 5.59. The standard InChI is InChI=1S/C24H31ClN2O2/c1-4-18(2)26-24(29)19(3)27(17-16-20-10-6-5-7-11-20)23(28)15-14-21-12-8-9-13-22(21)25/h5-13,18-19H,4,14-17H2,1-3H3,(H,26,29)/t18-,19-/m1/s1. The van der Waals surface area contributed by atoms with E-state index in [1.165, 1.54) is 0 Å². The highest BCUT2D eigenvalue weighted by atomic mass is 35.5. The lowest BCUT2D eigenvalue weighted by atomic mass is 10.1. The highest BCUT2D eigenvalue weighted by molar-refractivity contribution is 6.31. The van der Waals surface area contributed by atoms with E-state index in [4.69, 9.17) is 11.6 Å². The highest BCUT2D eigenvalue weighted by Crippen LogP contribution is 2.18. The van der Waals surface area contributed by atoms with Crippen molar-refractivity contribution in [2.75, 3.05) is 6.54 Å². The Morgan fingerprint density at radius 2 is 1.66 bits per heavy atom. The molecule has 0 saturated carbocycles. The number of carbonyl (C=O) groups is 2. The number of amides is 2. The number of halogens is 1. The number of aryl methyl sites for hydroxylation is 1. The van der Waals surface area contributed by atoms with Crippen LogP contribution in [0.5, 0.6) is 0 Å². The smallest absolute Gasteiger partial charge is 0.242 e. The van der Waals surface area contributed by atoms with Crippen LogP contribution in [0.1, 0.15) is 44.7 Å². The Morgan fingerprint density at radius 3 is 2.31 bits per heavy atom. The summed E-state index contributed by atoms with van der Waals surface area (Å²) in [6.07, 6.45) is 2.43. The summed E-state index contributed by atoms with van der Waals surface area (Å²) in [4.78, 5) is 27.4. The monoisotopic (exact) mass is 414 g/mol. The molecule has 5 heteroatoms. The van der Waals surface area contributed by atoms with Gasteiger partial charge in [0.2, 0.25) is 11.8 Å². The van der Waals surface area contributed by atoms with Crippen molar-refractivity contribution in [3.8, 4) is 0 Å². The van der Waals surface area contributed by atoms with Gasteiger partial charge in [-0.1, -0.05) is 67.1 Å². The van der Waals surface area contributed by atoms with Gasteiger partial charge >= 0.3 is 0 Å². The summed E-state index contributed by atoms with van der Waals surface area (Å²) in [5.74, 6) is -0.147. The average molecular weight is 415 g/mol. The molecular formula is C24H31ClN2O2. The third-order valence-electron chi connectivity index (χ3n) is 5.22. The molecule has 2 aromatic rings. The molecule has 2 aromatic carbocycles. The molecule has 0 aliphatic rings. The second-order valence-electron chi connectivity index (χ2n) is 7.41. The van der Waals surface area contributed by atoms with Gasteiger partial charge in [0.25, 0.3) is 0 Å². The fraction of sp³-hybridized carbons (Fsp3) is 0.417. The van der Waals surface area contributed by atoms with Crippen molar-refractivity contribution in [1.29, 1.82) is 0 Å². The maximum Gasteiger partial charge on any atom is 0.242 e. The number of hydrogen-bond acceptors (Lipinski definition) is 2.